The lowest BCUT2D eigenvalue weighted by molar-refractivity contribution is 0.176. The summed E-state index contributed by atoms with van der Waals surface area (Å²) in [6.07, 6.45) is 3.14. The number of alkyl halides is 1. The third-order valence-corrected chi connectivity index (χ3v) is 6.66. The van der Waals surface area contributed by atoms with E-state index < -0.39 is 6.17 Å². The Morgan fingerprint density at radius 1 is 1.19 bits per heavy atom. The number of aromatic nitrogens is 4. The fourth-order valence-corrected chi connectivity index (χ4v) is 4.81. The van der Waals surface area contributed by atoms with E-state index in [9.17, 15) is 14.3 Å². The Kier molecular flexibility index (Phi) is 5.13. The highest BCUT2D eigenvalue weighted by atomic mass is 19.1. The number of nitrogens with zero attached hydrogens (tertiary/aromatic N) is 5. The molecule has 2 fully saturated rings. The maximum Gasteiger partial charge on any atom is 0.253 e. The van der Waals surface area contributed by atoms with Gasteiger partial charge in [-0.25, -0.2) is 9.37 Å². The Morgan fingerprint density at radius 3 is 2.78 bits per heavy atom. The van der Waals surface area contributed by atoms with Crippen LogP contribution in [0.1, 0.15) is 19.3 Å². The third-order valence-electron chi connectivity index (χ3n) is 6.66. The summed E-state index contributed by atoms with van der Waals surface area (Å²) in [4.78, 5) is 18.0. The predicted molar refractivity (Wildman–Crippen MR) is 119 cm³/mol. The number of anilines is 1. The summed E-state index contributed by atoms with van der Waals surface area (Å²) in [5.74, 6) is 1.07. The van der Waals surface area contributed by atoms with E-state index in [0.29, 0.717) is 34.5 Å². The van der Waals surface area contributed by atoms with E-state index in [0.717, 1.165) is 19.3 Å². The van der Waals surface area contributed by atoms with Crippen LogP contribution < -0.4 is 15.8 Å². The van der Waals surface area contributed by atoms with Gasteiger partial charge in [0.25, 0.3) is 5.56 Å². The molecule has 2 unspecified atom stereocenters. The zero-order chi connectivity index (χ0) is 22.4. The summed E-state index contributed by atoms with van der Waals surface area (Å²) in [7, 11) is 3.49. The predicted octanol–water partition coefficient (Wildman–Crippen LogP) is 2.28. The van der Waals surface area contributed by atoms with E-state index >= 15 is 0 Å². The van der Waals surface area contributed by atoms with Crippen molar-refractivity contribution < 1.29 is 9.50 Å². The van der Waals surface area contributed by atoms with Gasteiger partial charge in [-0.15, -0.1) is 10.2 Å². The van der Waals surface area contributed by atoms with Crippen LogP contribution in [0.2, 0.25) is 0 Å². The molecule has 1 aromatic carbocycles. The summed E-state index contributed by atoms with van der Waals surface area (Å²) < 4.78 is 16.3. The minimum Gasteiger partial charge on any atom is -0.507 e. The Labute approximate surface area is 184 Å². The molecule has 2 aliphatic rings. The molecule has 2 aliphatic heterocycles. The molecule has 0 radical (unpaired) electrons. The lowest BCUT2D eigenvalue weighted by atomic mass is 9.96. The third kappa shape index (κ3) is 3.52. The van der Waals surface area contributed by atoms with Gasteiger partial charge in [-0.05, 0) is 43.5 Å². The van der Waals surface area contributed by atoms with Gasteiger partial charge in [-0.3, -0.25) is 9.36 Å². The Bertz CT molecular complexity index is 1200. The maximum atomic E-state index is 14.9. The van der Waals surface area contributed by atoms with Crippen LogP contribution >= 0.6 is 0 Å². The van der Waals surface area contributed by atoms with Gasteiger partial charge in [0.2, 0.25) is 0 Å². The number of nitrogens with one attached hydrogen (secondary N) is 1. The van der Waals surface area contributed by atoms with Crippen LogP contribution in [0.15, 0.2) is 47.4 Å². The number of aromatic hydroxyl groups is 1. The van der Waals surface area contributed by atoms with Crippen LogP contribution in [0, 0.1) is 0 Å². The van der Waals surface area contributed by atoms with Gasteiger partial charge in [0.05, 0.1) is 11.7 Å². The average Bonchev–Trinajstić information content (AvgIpc) is 3.21. The van der Waals surface area contributed by atoms with Gasteiger partial charge >= 0.3 is 0 Å². The first-order valence-corrected chi connectivity index (χ1v) is 10.7. The molecule has 0 aliphatic carbocycles. The van der Waals surface area contributed by atoms with E-state index in [-0.39, 0.29) is 23.4 Å². The average molecular weight is 436 g/mol. The zero-order valence-electron chi connectivity index (χ0n) is 17.9. The maximum absolute atomic E-state index is 14.9. The first kappa shape index (κ1) is 20.6. The van der Waals surface area contributed by atoms with Crippen molar-refractivity contribution in [1.82, 2.24) is 25.1 Å². The number of halogens is 1. The molecule has 4 heterocycles. The quantitative estimate of drug-likeness (QED) is 0.648. The Balaban J connectivity index is 1.38. The summed E-state index contributed by atoms with van der Waals surface area (Å²) in [6.45, 7) is 0. The lowest BCUT2D eigenvalue weighted by Crippen LogP contribution is -2.55. The normalized spacial score (nSPS) is 24.5. The number of hydrogen-bond donors (Lipinski definition) is 2. The molecule has 4 atom stereocenters. The van der Waals surface area contributed by atoms with Gasteiger partial charge in [-0.2, -0.15) is 0 Å². The van der Waals surface area contributed by atoms with Crippen molar-refractivity contribution in [2.24, 2.45) is 7.05 Å². The minimum atomic E-state index is -0.945. The number of phenols is 1. The van der Waals surface area contributed by atoms with Crippen molar-refractivity contribution in [3.05, 3.63) is 52.9 Å². The molecule has 2 saturated heterocycles. The van der Waals surface area contributed by atoms with Crippen molar-refractivity contribution in [3.8, 4) is 28.4 Å². The molecular formula is C23H25FN6O2. The monoisotopic (exact) mass is 436 g/mol. The second-order valence-electron chi connectivity index (χ2n) is 8.58. The fourth-order valence-electron chi connectivity index (χ4n) is 4.81. The Hall–Kier alpha value is -3.33. The molecule has 3 aromatic rings. The number of benzene rings is 1. The van der Waals surface area contributed by atoms with Crippen molar-refractivity contribution in [2.45, 2.75) is 43.6 Å². The highest BCUT2D eigenvalue weighted by Gasteiger charge is 2.43. The fraction of sp³-hybridized carbons (Fsp3) is 0.391. The molecule has 32 heavy (non-hydrogen) atoms. The molecule has 2 aromatic heterocycles. The van der Waals surface area contributed by atoms with Gasteiger partial charge < -0.3 is 15.3 Å². The smallest absolute Gasteiger partial charge is 0.253 e. The van der Waals surface area contributed by atoms with Crippen LogP contribution in [0.3, 0.4) is 0 Å². The molecule has 166 valence electrons. The zero-order valence-corrected chi connectivity index (χ0v) is 17.9. The van der Waals surface area contributed by atoms with E-state index in [1.165, 1.54) is 16.8 Å². The van der Waals surface area contributed by atoms with Crippen molar-refractivity contribution in [3.63, 3.8) is 0 Å². The largest absolute Gasteiger partial charge is 0.507 e. The van der Waals surface area contributed by atoms with Crippen molar-refractivity contribution in [2.75, 3.05) is 11.9 Å². The van der Waals surface area contributed by atoms with Gasteiger partial charge in [0.1, 0.15) is 17.7 Å². The van der Waals surface area contributed by atoms with Crippen molar-refractivity contribution >= 4 is 5.82 Å². The minimum absolute atomic E-state index is 0.00904. The Morgan fingerprint density at radius 2 is 2.03 bits per heavy atom. The SMILES string of the molecule is CN(c1ccc(-c2ccc(-c3nccc(=O)n3C)cc2O)nn1)[C@@H]1CC2CCC(N2)[C@H]1F. The number of rotatable bonds is 4. The second kappa shape index (κ2) is 7.98. The van der Waals surface area contributed by atoms with Crippen LogP contribution in [-0.4, -0.2) is 56.2 Å². The van der Waals surface area contributed by atoms with E-state index in [1.807, 2.05) is 11.9 Å². The molecule has 9 heteroatoms. The molecule has 5 rings (SSSR count). The van der Waals surface area contributed by atoms with Crippen LogP contribution in [0.25, 0.3) is 22.6 Å². The van der Waals surface area contributed by atoms with E-state index in [2.05, 4.69) is 20.5 Å². The topological polar surface area (TPSA) is 96.2 Å². The molecule has 0 saturated carbocycles. The van der Waals surface area contributed by atoms with Gasteiger partial charge in [-0.1, -0.05) is 6.07 Å². The summed E-state index contributed by atoms with van der Waals surface area (Å²) >= 11 is 0. The first-order chi connectivity index (χ1) is 15.4. The summed E-state index contributed by atoms with van der Waals surface area (Å²) in [5.41, 5.74) is 1.45. The van der Waals surface area contributed by atoms with Crippen LogP contribution in [0.5, 0.6) is 5.75 Å². The van der Waals surface area contributed by atoms with Gasteiger partial charge in [0, 0.05) is 49.6 Å². The molecule has 8 nitrogen and oxygen atoms in total. The molecule has 0 spiro atoms. The highest BCUT2D eigenvalue weighted by Crippen LogP contribution is 2.34. The summed E-state index contributed by atoms with van der Waals surface area (Å²) in [6, 6.07) is 10.1. The standard InChI is InChI=1S/C23H25FN6O2/c1-29(18-12-14-4-6-17(26-14)22(18)24)20-8-7-16(27-28-20)15-5-3-13(11-19(15)31)23-25-10-9-21(32)30(23)2/h3,5,7-11,14,17-18,22,26,31H,4,6,12H2,1-2H3/t14?,17?,18-,22-/m1/s1. The van der Waals surface area contributed by atoms with Crippen molar-refractivity contribution in [1.29, 1.82) is 0 Å². The molecule has 2 N–H and O–H groups in total. The number of fused-ring (bicyclic) bond motifs is 2. The van der Waals surface area contributed by atoms with Crippen LogP contribution in [0.4, 0.5) is 10.2 Å². The number of piperidine rings is 1. The number of phenolic OH excluding ortho intramolecular Hbond substituents is 1. The molecule has 0 amide bonds. The molecule has 2 bridgehead atoms. The van der Waals surface area contributed by atoms with E-state index in [4.69, 9.17) is 0 Å². The molecular weight excluding hydrogens is 411 g/mol. The highest BCUT2D eigenvalue weighted by molar-refractivity contribution is 5.72. The van der Waals surface area contributed by atoms with E-state index in [1.54, 1.807) is 37.4 Å². The lowest BCUT2D eigenvalue weighted by Gasteiger charge is -2.38. The first-order valence-electron chi connectivity index (χ1n) is 10.7. The van der Waals surface area contributed by atoms with Crippen LogP contribution in [-0.2, 0) is 7.05 Å². The summed E-state index contributed by atoms with van der Waals surface area (Å²) in [5, 5.41) is 22.5. The van der Waals surface area contributed by atoms with Gasteiger partial charge in [0.15, 0.2) is 5.82 Å². The second-order valence-corrected chi connectivity index (χ2v) is 8.58. The number of hydrogen-bond acceptors (Lipinski definition) is 7.